The molecule has 0 saturated carbocycles. The Balaban J connectivity index is 2.43. The average molecular weight is 138 g/mol. The molecular weight excluding hydrogens is 128 g/mol. The van der Waals surface area contributed by atoms with E-state index in [4.69, 9.17) is 0 Å². The first-order valence-corrected chi connectivity index (χ1v) is 3.19. The van der Waals surface area contributed by atoms with Crippen LogP contribution in [0.2, 0.25) is 0 Å². The molecule has 0 aliphatic rings. The van der Waals surface area contributed by atoms with Gasteiger partial charge in [-0.05, 0) is 7.05 Å². The SMILES string of the molecule is CNCCc1ncncn1. The molecule has 1 heterocycles. The van der Waals surface area contributed by atoms with E-state index in [0.29, 0.717) is 0 Å². The van der Waals surface area contributed by atoms with Crippen LogP contribution < -0.4 is 5.32 Å². The first-order chi connectivity index (χ1) is 4.93. The number of nitrogens with zero attached hydrogens (tertiary/aromatic N) is 3. The van der Waals surface area contributed by atoms with Gasteiger partial charge in [-0.2, -0.15) is 0 Å². The lowest BCUT2D eigenvalue weighted by molar-refractivity contribution is 0.748. The first kappa shape index (κ1) is 7.08. The van der Waals surface area contributed by atoms with E-state index in [1.807, 2.05) is 7.05 Å². The fourth-order valence-corrected chi connectivity index (χ4v) is 0.629. The van der Waals surface area contributed by atoms with Crippen molar-refractivity contribution in [2.75, 3.05) is 13.6 Å². The highest BCUT2D eigenvalue weighted by atomic mass is 15.0. The largest absolute Gasteiger partial charge is 0.319 e. The van der Waals surface area contributed by atoms with Crippen molar-refractivity contribution in [3.8, 4) is 0 Å². The van der Waals surface area contributed by atoms with Crippen LogP contribution >= 0.6 is 0 Å². The van der Waals surface area contributed by atoms with Gasteiger partial charge < -0.3 is 5.32 Å². The summed E-state index contributed by atoms with van der Waals surface area (Å²) in [6, 6.07) is 0. The van der Waals surface area contributed by atoms with E-state index in [0.717, 1.165) is 18.8 Å². The quantitative estimate of drug-likeness (QED) is 0.619. The molecule has 0 saturated heterocycles. The maximum absolute atomic E-state index is 3.95. The van der Waals surface area contributed by atoms with Gasteiger partial charge in [-0.1, -0.05) is 0 Å². The second-order valence-corrected chi connectivity index (χ2v) is 1.91. The van der Waals surface area contributed by atoms with E-state index in [2.05, 4.69) is 20.3 Å². The molecule has 0 radical (unpaired) electrons. The lowest BCUT2D eigenvalue weighted by Gasteiger charge is -1.95. The Bertz CT molecular complexity index is 174. The van der Waals surface area contributed by atoms with Gasteiger partial charge in [-0.3, -0.25) is 0 Å². The van der Waals surface area contributed by atoms with Gasteiger partial charge in [0.25, 0.3) is 0 Å². The minimum Gasteiger partial charge on any atom is -0.319 e. The van der Waals surface area contributed by atoms with Gasteiger partial charge in [0.05, 0.1) is 0 Å². The van der Waals surface area contributed by atoms with Crippen molar-refractivity contribution in [1.29, 1.82) is 0 Å². The van der Waals surface area contributed by atoms with Gasteiger partial charge in [0.15, 0.2) is 0 Å². The topological polar surface area (TPSA) is 50.7 Å². The summed E-state index contributed by atoms with van der Waals surface area (Å²) in [5.41, 5.74) is 0. The number of likely N-dealkylation sites (N-methyl/N-ethyl adjacent to an activating group) is 1. The zero-order valence-corrected chi connectivity index (χ0v) is 5.91. The molecule has 54 valence electrons. The Morgan fingerprint density at radius 1 is 1.40 bits per heavy atom. The third-order valence-corrected chi connectivity index (χ3v) is 1.15. The van der Waals surface area contributed by atoms with Gasteiger partial charge >= 0.3 is 0 Å². The first-order valence-electron chi connectivity index (χ1n) is 3.19. The van der Waals surface area contributed by atoms with Gasteiger partial charge in [-0.25, -0.2) is 15.0 Å². The second-order valence-electron chi connectivity index (χ2n) is 1.91. The molecule has 0 fully saturated rings. The molecule has 0 aliphatic carbocycles. The van der Waals surface area contributed by atoms with Crippen LogP contribution in [0.15, 0.2) is 12.7 Å². The van der Waals surface area contributed by atoms with Crippen molar-refractivity contribution < 1.29 is 0 Å². The fraction of sp³-hybridized carbons (Fsp3) is 0.500. The number of nitrogens with one attached hydrogen (secondary N) is 1. The molecule has 0 unspecified atom stereocenters. The molecule has 0 aromatic carbocycles. The molecule has 1 N–H and O–H groups in total. The molecule has 0 aliphatic heterocycles. The third-order valence-electron chi connectivity index (χ3n) is 1.15. The predicted octanol–water partition coefficient (Wildman–Crippen LogP) is -0.367. The lowest BCUT2D eigenvalue weighted by Crippen LogP contribution is -2.12. The van der Waals surface area contributed by atoms with Crippen LogP contribution in [0.1, 0.15) is 5.82 Å². The van der Waals surface area contributed by atoms with Crippen molar-refractivity contribution in [1.82, 2.24) is 20.3 Å². The zero-order valence-electron chi connectivity index (χ0n) is 5.91. The molecule has 0 bridgehead atoms. The summed E-state index contributed by atoms with van der Waals surface area (Å²) in [7, 11) is 1.90. The van der Waals surface area contributed by atoms with Crippen molar-refractivity contribution in [3.63, 3.8) is 0 Å². The molecule has 1 rings (SSSR count). The van der Waals surface area contributed by atoms with Crippen molar-refractivity contribution in [2.45, 2.75) is 6.42 Å². The zero-order chi connectivity index (χ0) is 7.23. The van der Waals surface area contributed by atoms with Crippen LogP contribution in [-0.4, -0.2) is 28.5 Å². The van der Waals surface area contributed by atoms with E-state index in [1.165, 1.54) is 12.7 Å². The minimum absolute atomic E-state index is 0.837. The normalized spacial score (nSPS) is 9.70. The van der Waals surface area contributed by atoms with Crippen LogP contribution in [0.4, 0.5) is 0 Å². The second kappa shape index (κ2) is 3.90. The van der Waals surface area contributed by atoms with Crippen LogP contribution in [0.25, 0.3) is 0 Å². The maximum Gasteiger partial charge on any atom is 0.133 e. The Hall–Kier alpha value is -1.03. The minimum atomic E-state index is 0.837. The summed E-state index contributed by atoms with van der Waals surface area (Å²) in [4.78, 5) is 11.6. The number of hydrogen-bond donors (Lipinski definition) is 1. The summed E-state index contributed by atoms with van der Waals surface area (Å²) in [6.45, 7) is 0.907. The molecule has 10 heavy (non-hydrogen) atoms. The Kier molecular flexibility index (Phi) is 2.76. The third kappa shape index (κ3) is 2.06. The summed E-state index contributed by atoms with van der Waals surface area (Å²) in [5, 5.41) is 3.02. The fourth-order valence-electron chi connectivity index (χ4n) is 0.629. The number of hydrogen-bond acceptors (Lipinski definition) is 4. The van der Waals surface area contributed by atoms with Crippen LogP contribution in [-0.2, 0) is 6.42 Å². The Labute approximate surface area is 59.7 Å². The van der Waals surface area contributed by atoms with Crippen LogP contribution in [0.3, 0.4) is 0 Å². The Morgan fingerprint density at radius 2 is 2.10 bits per heavy atom. The molecule has 4 nitrogen and oxygen atoms in total. The maximum atomic E-state index is 3.95. The van der Waals surface area contributed by atoms with E-state index in [1.54, 1.807) is 0 Å². The lowest BCUT2D eigenvalue weighted by atomic mass is 10.4. The number of aromatic nitrogens is 3. The van der Waals surface area contributed by atoms with Crippen molar-refractivity contribution in [2.24, 2.45) is 0 Å². The van der Waals surface area contributed by atoms with Crippen LogP contribution in [0, 0.1) is 0 Å². The highest BCUT2D eigenvalue weighted by Gasteiger charge is 1.90. The summed E-state index contributed by atoms with van der Waals surface area (Å²) < 4.78 is 0. The molecule has 0 spiro atoms. The molecule has 0 atom stereocenters. The van der Waals surface area contributed by atoms with Gasteiger partial charge in [-0.15, -0.1) is 0 Å². The van der Waals surface area contributed by atoms with E-state index in [9.17, 15) is 0 Å². The van der Waals surface area contributed by atoms with Crippen LogP contribution in [0.5, 0.6) is 0 Å². The van der Waals surface area contributed by atoms with Gasteiger partial charge in [0, 0.05) is 13.0 Å². The van der Waals surface area contributed by atoms with Crippen molar-refractivity contribution >= 4 is 0 Å². The summed E-state index contributed by atoms with van der Waals surface area (Å²) in [6.07, 6.45) is 3.88. The van der Waals surface area contributed by atoms with Gasteiger partial charge in [0.1, 0.15) is 18.5 Å². The Morgan fingerprint density at radius 3 is 2.70 bits per heavy atom. The van der Waals surface area contributed by atoms with Crippen molar-refractivity contribution in [3.05, 3.63) is 18.5 Å². The summed E-state index contributed by atoms with van der Waals surface area (Å²) >= 11 is 0. The molecular formula is C6H10N4. The van der Waals surface area contributed by atoms with E-state index < -0.39 is 0 Å². The highest BCUT2D eigenvalue weighted by molar-refractivity contribution is 4.81. The van der Waals surface area contributed by atoms with Gasteiger partial charge in [0.2, 0.25) is 0 Å². The van der Waals surface area contributed by atoms with E-state index >= 15 is 0 Å². The number of rotatable bonds is 3. The molecule has 1 aromatic heterocycles. The molecule has 1 aromatic rings. The highest BCUT2D eigenvalue weighted by Crippen LogP contribution is 1.83. The van der Waals surface area contributed by atoms with E-state index in [-0.39, 0.29) is 0 Å². The monoisotopic (exact) mass is 138 g/mol. The summed E-state index contributed by atoms with van der Waals surface area (Å²) in [5.74, 6) is 0.837. The standard InChI is InChI=1S/C6H10N4/c1-7-3-2-6-9-4-8-5-10-6/h4-5,7H,2-3H2,1H3. The molecule has 0 amide bonds. The predicted molar refractivity (Wildman–Crippen MR) is 37.5 cm³/mol. The smallest absolute Gasteiger partial charge is 0.133 e. The molecule has 4 heteroatoms. The average Bonchev–Trinajstić information content (AvgIpc) is 2.03.